The Hall–Kier alpha value is -2.20. The van der Waals surface area contributed by atoms with Gasteiger partial charge in [-0.1, -0.05) is 6.92 Å². The number of rotatable bonds is 10. The number of carbonyl (C=O) groups is 4. The molecule has 5 atom stereocenters. The molecule has 28 heavy (non-hydrogen) atoms. The van der Waals surface area contributed by atoms with Gasteiger partial charge in [-0.15, -0.1) is 0 Å². The smallest absolute Gasteiger partial charge is 0.303 e. The molecule has 1 N–H and O–H groups in total. The molecule has 1 saturated heterocycles. The average Bonchev–Trinajstić information content (AvgIpc) is 2.57. The molecule has 0 unspecified atom stereocenters. The summed E-state index contributed by atoms with van der Waals surface area (Å²) in [5.41, 5.74) is 0. The van der Waals surface area contributed by atoms with Crippen LogP contribution in [-0.2, 0) is 42.9 Å². The zero-order valence-corrected chi connectivity index (χ0v) is 16.5. The second kappa shape index (κ2) is 11.6. The maximum atomic E-state index is 11.5. The van der Waals surface area contributed by atoms with Gasteiger partial charge in [-0.25, -0.2) is 0 Å². The third-order valence-electron chi connectivity index (χ3n) is 4.07. The van der Waals surface area contributed by atoms with E-state index in [4.69, 9.17) is 28.8 Å². The Kier molecular flexibility index (Phi) is 9.88. The van der Waals surface area contributed by atoms with Crippen LogP contribution in [0.5, 0.6) is 0 Å². The van der Waals surface area contributed by atoms with E-state index in [1.54, 1.807) is 6.92 Å². The Morgan fingerprint density at radius 1 is 0.929 bits per heavy atom. The van der Waals surface area contributed by atoms with Gasteiger partial charge < -0.3 is 28.8 Å². The van der Waals surface area contributed by atoms with E-state index in [9.17, 15) is 19.2 Å². The molecule has 0 saturated carbocycles. The van der Waals surface area contributed by atoms with E-state index < -0.39 is 54.4 Å². The van der Waals surface area contributed by atoms with Crippen molar-refractivity contribution in [2.75, 3.05) is 13.2 Å². The van der Waals surface area contributed by atoms with Crippen molar-refractivity contribution >= 4 is 23.9 Å². The lowest BCUT2D eigenvalue weighted by molar-refractivity contribution is -0.288. The van der Waals surface area contributed by atoms with Crippen LogP contribution in [0.25, 0.3) is 0 Å². The van der Waals surface area contributed by atoms with Crippen LogP contribution in [-0.4, -0.2) is 66.8 Å². The maximum Gasteiger partial charge on any atom is 0.303 e. The fourth-order valence-electron chi connectivity index (χ4n) is 2.84. The first-order valence-corrected chi connectivity index (χ1v) is 9.08. The molecule has 1 aliphatic rings. The standard InChI is InChI=1S/C18H28O10/c1-10-16(26-12(3)20)17(27-13(4)21)14(9-25-11(2)19)28-18(10)24-8-6-5-7-15(22)23/h10,14,16-18H,5-9H2,1-4H3,(H,22,23)/t10-,14-,16-,17+,18-/m1/s1. The monoisotopic (exact) mass is 404 g/mol. The average molecular weight is 404 g/mol. The summed E-state index contributed by atoms with van der Waals surface area (Å²) in [6, 6.07) is 0. The van der Waals surface area contributed by atoms with Gasteiger partial charge in [0.1, 0.15) is 18.8 Å². The molecule has 1 fully saturated rings. The van der Waals surface area contributed by atoms with Crippen molar-refractivity contribution < 1.29 is 48.0 Å². The Morgan fingerprint density at radius 2 is 1.54 bits per heavy atom. The second-order valence-electron chi connectivity index (χ2n) is 6.57. The molecule has 0 radical (unpaired) electrons. The maximum absolute atomic E-state index is 11.5. The number of carbonyl (C=O) groups excluding carboxylic acids is 3. The molecule has 0 bridgehead atoms. The number of hydrogen-bond acceptors (Lipinski definition) is 9. The normalized spacial score (nSPS) is 26.9. The minimum Gasteiger partial charge on any atom is -0.481 e. The van der Waals surface area contributed by atoms with Gasteiger partial charge >= 0.3 is 23.9 Å². The van der Waals surface area contributed by atoms with Crippen molar-refractivity contribution in [1.82, 2.24) is 0 Å². The van der Waals surface area contributed by atoms with Crippen molar-refractivity contribution in [2.24, 2.45) is 5.92 Å². The first-order chi connectivity index (χ1) is 13.1. The Morgan fingerprint density at radius 3 is 2.07 bits per heavy atom. The molecule has 1 aliphatic heterocycles. The Balaban J connectivity index is 2.87. The molecule has 160 valence electrons. The molecule has 0 amide bonds. The molecule has 10 heteroatoms. The van der Waals surface area contributed by atoms with E-state index >= 15 is 0 Å². The zero-order chi connectivity index (χ0) is 21.3. The molecule has 0 aromatic heterocycles. The number of carboxylic acid groups (broad SMARTS) is 1. The summed E-state index contributed by atoms with van der Waals surface area (Å²) < 4.78 is 27.1. The Bertz CT molecular complexity index is 561. The molecule has 10 nitrogen and oxygen atoms in total. The van der Waals surface area contributed by atoms with Crippen LogP contribution < -0.4 is 0 Å². The number of hydrogen-bond donors (Lipinski definition) is 1. The van der Waals surface area contributed by atoms with E-state index in [1.807, 2.05) is 0 Å². The summed E-state index contributed by atoms with van der Waals surface area (Å²) in [6.45, 7) is 5.41. The molecular weight excluding hydrogens is 376 g/mol. The quantitative estimate of drug-likeness (QED) is 0.320. The first-order valence-electron chi connectivity index (χ1n) is 9.08. The van der Waals surface area contributed by atoms with E-state index in [2.05, 4.69) is 0 Å². The van der Waals surface area contributed by atoms with Crippen molar-refractivity contribution in [2.45, 2.75) is 71.6 Å². The summed E-state index contributed by atoms with van der Waals surface area (Å²) in [6.07, 6.45) is -2.57. The molecule has 0 spiro atoms. The largest absolute Gasteiger partial charge is 0.481 e. The summed E-state index contributed by atoms with van der Waals surface area (Å²) in [4.78, 5) is 44.8. The summed E-state index contributed by atoms with van der Waals surface area (Å²) in [7, 11) is 0. The van der Waals surface area contributed by atoms with E-state index in [1.165, 1.54) is 20.8 Å². The van der Waals surface area contributed by atoms with Gasteiger partial charge in [-0.05, 0) is 12.8 Å². The fourth-order valence-corrected chi connectivity index (χ4v) is 2.84. The lowest BCUT2D eigenvalue weighted by Crippen LogP contribution is -2.58. The van der Waals surface area contributed by atoms with Crippen LogP contribution in [0.4, 0.5) is 0 Å². The third kappa shape index (κ3) is 8.22. The van der Waals surface area contributed by atoms with Crippen molar-refractivity contribution in [3.63, 3.8) is 0 Å². The van der Waals surface area contributed by atoms with Gasteiger partial charge in [0, 0.05) is 39.7 Å². The molecular formula is C18H28O10. The lowest BCUT2D eigenvalue weighted by Gasteiger charge is -2.43. The summed E-state index contributed by atoms with van der Waals surface area (Å²) in [5, 5.41) is 8.67. The first kappa shape index (κ1) is 23.8. The Labute approximate surface area is 163 Å². The number of ether oxygens (including phenoxy) is 5. The van der Waals surface area contributed by atoms with Gasteiger partial charge in [-0.2, -0.15) is 0 Å². The highest BCUT2D eigenvalue weighted by molar-refractivity contribution is 5.68. The summed E-state index contributed by atoms with van der Waals surface area (Å²) >= 11 is 0. The van der Waals surface area contributed by atoms with Crippen LogP contribution in [0.3, 0.4) is 0 Å². The fraction of sp³-hybridized carbons (Fsp3) is 0.778. The van der Waals surface area contributed by atoms with Crippen LogP contribution >= 0.6 is 0 Å². The summed E-state index contributed by atoms with van der Waals surface area (Å²) in [5.74, 6) is -3.08. The predicted molar refractivity (Wildman–Crippen MR) is 93.0 cm³/mol. The van der Waals surface area contributed by atoms with Crippen LogP contribution in [0.1, 0.15) is 47.0 Å². The van der Waals surface area contributed by atoms with E-state index in [-0.39, 0.29) is 19.6 Å². The van der Waals surface area contributed by atoms with Gasteiger partial charge in [0.25, 0.3) is 0 Å². The molecule has 0 aromatic rings. The van der Waals surface area contributed by atoms with E-state index in [0.29, 0.717) is 12.8 Å². The topological polar surface area (TPSA) is 135 Å². The molecule has 0 aromatic carbocycles. The number of esters is 3. The minimum atomic E-state index is -0.970. The second-order valence-corrected chi connectivity index (χ2v) is 6.57. The highest BCUT2D eigenvalue weighted by atomic mass is 16.7. The third-order valence-corrected chi connectivity index (χ3v) is 4.07. The van der Waals surface area contributed by atoms with Gasteiger partial charge in [0.05, 0.1) is 0 Å². The van der Waals surface area contributed by atoms with Crippen LogP contribution in [0, 0.1) is 5.92 Å². The lowest BCUT2D eigenvalue weighted by atomic mass is 9.92. The number of unbranched alkanes of at least 4 members (excludes halogenated alkanes) is 1. The van der Waals surface area contributed by atoms with Crippen LogP contribution in [0.15, 0.2) is 0 Å². The molecule has 1 rings (SSSR count). The predicted octanol–water partition coefficient (Wildman–Crippen LogP) is 1.05. The highest BCUT2D eigenvalue weighted by Crippen LogP contribution is 2.31. The van der Waals surface area contributed by atoms with Gasteiger partial charge in [-0.3, -0.25) is 19.2 Å². The van der Waals surface area contributed by atoms with Crippen LogP contribution in [0.2, 0.25) is 0 Å². The highest BCUT2D eigenvalue weighted by Gasteiger charge is 2.48. The van der Waals surface area contributed by atoms with Crippen molar-refractivity contribution in [3.05, 3.63) is 0 Å². The zero-order valence-electron chi connectivity index (χ0n) is 16.5. The number of carboxylic acids is 1. The minimum absolute atomic E-state index is 0.0319. The number of aliphatic carboxylic acids is 1. The van der Waals surface area contributed by atoms with Crippen molar-refractivity contribution in [1.29, 1.82) is 0 Å². The van der Waals surface area contributed by atoms with Gasteiger partial charge in [0.2, 0.25) is 0 Å². The SMILES string of the molecule is CC(=O)OC[C@H]1O[C@@H](OCCCCC(=O)O)[C@H](C)[C@@H](OC(C)=O)[C@H]1OC(C)=O. The van der Waals surface area contributed by atoms with Gasteiger partial charge in [0.15, 0.2) is 12.4 Å². The van der Waals surface area contributed by atoms with E-state index in [0.717, 1.165) is 0 Å². The van der Waals surface area contributed by atoms with Crippen molar-refractivity contribution in [3.8, 4) is 0 Å². The molecule has 0 aliphatic carbocycles. The molecule has 1 heterocycles.